The first kappa shape index (κ1) is 19.8. The van der Waals surface area contributed by atoms with Crippen LogP contribution in [-0.4, -0.2) is 38.7 Å². The van der Waals surface area contributed by atoms with Gasteiger partial charge in [-0.15, -0.1) is 0 Å². The van der Waals surface area contributed by atoms with E-state index in [9.17, 15) is 22.4 Å². The highest BCUT2D eigenvalue weighted by molar-refractivity contribution is 5.91. The quantitative estimate of drug-likeness (QED) is 0.465. The number of benzene rings is 1. The van der Waals surface area contributed by atoms with Crippen LogP contribution in [0.3, 0.4) is 0 Å². The van der Waals surface area contributed by atoms with Crippen molar-refractivity contribution in [1.82, 2.24) is 19.7 Å². The van der Waals surface area contributed by atoms with Gasteiger partial charge in [-0.1, -0.05) is 24.8 Å². The first-order valence-corrected chi connectivity index (χ1v) is 9.06. The average Bonchev–Trinajstić information content (AvgIpc) is 3.03. The number of alkyl halides is 3. The highest BCUT2D eigenvalue weighted by Gasteiger charge is 2.35. The number of hydrogen-bond donors (Lipinski definition) is 0. The Hall–Kier alpha value is -3.49. The number of aromatic nitrogens is 3. The predicted octanol–water partition coefficient (Wildman–Crippen LogP) is 4.49. The normalized spacial score (nSPS) is 15.0. The molecule has 1 aliphatic heterocycles. The minimum absolute atomic E-state index is 0.179. The number of hydrogen-bond acceptors (Lipinski definition) is 3. The molecule has 0 saturated carbocycles. The fraction of sp³-hybridized carbons (Fsp3) is 0.190. The van der Waals surface area contributed by atoms with E-state index in [1.54, 1.807) is 35.2 Å². The molecule has 2 aromatic heterocycles. The third kappa shape index (κ3) is 3.70. The Bertz CT molecular complexity index is 1160. The summed E-state index contributed by atoms with van der Waals surface area (Å²) < 4.78 is 53.4. The number of nitrogens with zero attached hydrogens (tertiary/aromatic N) is 4. The number of pyridine rings is 1. The molecular formula is C21H16F4N4O. The maximum absolute atomic E-state index is 13.0. The second-order valence-electron chi connectivity index (χ2n) is 6.93. The number of amides is 1. The molecule has 5 nitrogen and oxygen atoms in total. The second kappa shape index (κ2) is 7.40. The molecule has 0 spiro atoms. The van der Waals surface area contributed by atoms with E-state index in [4.69, 9.17) is 0 Å². The Morgan fingerprint density at radius 1 is 1.17 bits per heavy atom. The van der Waals surface area contributed by atoms with E-state index in [2.05, 4.69) is 16.7 Å². The summed E-state index contributed by atoms with van der Waals surface area (Å²) in [5.41, 5.74) is 0.779. The highest BCUT2D eigenvalue weighted by Crippen LogP contribution is 2.31. The number of fused-ring (bicyclic) bond motifs is 1. The lowest BCUT2D eigenvalue weighted by atomic mass is 10.1. The number of likely N-dealkylation sites (tertiary alicyclic amines) is 1. The molecular weight excluding hydrogens is 400 g/mol. The van der Waals surface area contributed by atoms with Crippen LogP contribution in [0.1, 0.15) is 22.9 Å². The summed E-state index contributed by atoms with van der Waals surface area (Å²) in [7, 11) is 0. The molecule has 9 heteroatoms. The maximum Gasteiger partial charge on any atom is 0.416 e. The molecule has 0 atom stereocenters. The van der Waals surface area contributed by atoms with Crippen LogP contribution in [0.5, 0.6) is 0 Å². The van der Waals surface area contributed by atoms with Gasteiger partial charge in [0.15, 0.2) is 11.5 Å². The molecule has 1 fully saturated rings. The maximum atomic E-state index is 13.0. The molecule has 154 valence electrons. The molecule has 1 aromatic carbocycles. The SMILES string of the molecule is C=C(F)C(=O)N1CC(n2nc(C=Cc3cccc(C(F)(F)F)c3)c3cccnc32)C1. The summed E-state index contributed by atoms with van der Waals surface area (Å²) in [5.74, 6) is -1.76. The van der Waals surface area contributed by atoms with Gasteiger partial charge in [0.1, 0.15) is 0 Å². The molecule has 3 heterocycles. The van der Waals surface area contributed by atoms with Gasteiger partial charge in [0, 0.05) is 24.7 Å². The van der Waals surface area contributed by atoms with Crippen molar-refractivity contribution >= 4 is 29.1 Å². The molecule has 0 bridgehead atoms. The smallest absolute Gasteiger partial charge is 0.332 e. The van der Waals surface area contributed by atoms with Crippen LogP contribution in [0.4, 0.5) is 17.6 Å². The van der Waals surface area contributed by atoms with Crippen LogP contribution in [-0.2, 0) is 11.0 Å². The van der Waals surface area contributed by atoms with Crippen molar-refractivity contribution < 1.29 is 22.4 Å². The van der Waals surface area contributed by atoms with Crippen molar-refractivity contribution in [2.24, 2.45) is 0 Å². The fourth-order valence-electron chi connectivity index (χ4n) is 3.32. The summed E-state index contributed by atoms with van der Waals surface area (Å²) in [4.78, 5) is 17.3. The van der Waals surface area contributed by atoms with Crippen molar-refractivity contribution in [3.05, 3.63) is 71.8 Å². The lowest BCUT2D eigenvalue weighted by Gasteiger charge is -2.38. The van der Waals surface area contributed by atoms with Gasteiger partial charge in [-0.05, 0) is 35.9 Å². The number of halogens is 4. The molecule has 0 aliphatic carbocycles. The minimum Gasteiger partial charge on any atom is -0.332 e. The molecule has 0 radical (unpaired) electrons. The molecule has 3 aromatic rings. The van der Waals surface area contributed by atoms with Crippen molar-refractivity contribution in [2.45, 2.75) is 12.2 Å². The first-order valence-electron chi connectivity index (χ1n) is 9.06. The first-order chi connectivity index (χ1) is 14.2. The Kier molecular flexibility index (Phi) is 4.89. The lowest BCUT2D eigenvalue weighted by molar-refractivity contribution is -0.137. The Balaban J connectivity index is 1.61. The summed E-state index contributed by atoms with van der Waals surface area (Å²) in [5, 5.41) is 5.25. The van der Waals surface area contributed by atoms with Crippen LogP contribution in [0, 0.1) is 0 Å². The standard InChI is InChI=1S/C21H16F4N4O/c1-13(22)20(30)28-11-16(12-28)29-19-17(6-3-9-26-19)18(27-29)8-7-14-4-2-5-15(10-14)21(23,24)25/h2-10,16H,1,11-12H2. The van der Waals surface area contributed by atoms with Gasteiger partial charge in [-0.25, -0.2) is 14.1 Å². The van der Waals surface area contributed by atoms with Gasteiger partial charge < -0.3 is 4.90 Å². The second-order valence-corrected chi connectivity index (χ2v) is 6.93. The lowest BCUT2D eigenvalue weighted by Crippen LogP contribution is -2.51. The van der Waals surface area contributed by atoms with E-state index >= 15 is 0 Å². The van der Waals surface area contributed by atoms with Crippen molar-refractivity contribution in [3.63, 3.8) is 0 Å². The third-order valence-corrected chi connectivity index (χ3v) is 4.87. The zero-order chi connectivity index (χ0) is 21.5. The third-order valence-electron chi connectivity index (χ3n) is 4.87. The molecule has 4 rings (SSSR count). The number of carbonyl (C=O) groups is 1. The van der Waals surface area contributed by atoms with Gasteiger partial charge in [0.05, 0.1) is 17.3 Å². The largest absolute Gasteiger partial charge is 0.416 e. The van der Waals surface area contributed by atoms with Gasteiger partial charge >= 0.3 is 6.18 Å². The minimum atomic E-state index is -4.42. The zero-order valence-corrected chi connectivity index (χ0v) is 15.6. The van der Waals surface area contributed by atoms with Crippen LogP contribution in [0.15, 0.2) is 55.0 Å². The Morgan fingerprint density at radius 3 is 2.63 bits per heavy atom. The van der Waals surface area contributed by atoms with E-state index < -0.39 is 23.5 Å². The van der Waals surface area contributed by atoms with Crippen LogP contribution in [0.2, 0.25) is 0 Å². The monoisotopic (exact) mass is 416 g/mol. The van der Waals surface area contributed by atoms with Gasteiger partial charge in [0.2, 0.25) is 0 Å². The molecule has 0 N–H and O–H groups in total. The Labute approximate surface area is 168 Å². The van der Waals surface area contributed by atoms with E-state index in [1.807, 2.05) is 6.07 Å². The summed E-state index contributed by atoms with van der Waals surface area (Å²) in [6.07, 6.45) is 0.366. The van der Waals surface area contributed by atoms with E-state index in [0.717, 1.165) is 17.5 Å². The summed E-state index contributed by atoms with van der Waals surface area (Å²) in [6.45, 7) is 3.55. The van der Waals surface area contributed by atoms with Crippen molar-refractivity contribution in [3.8, 4) is 0 Å². The topological polar surface area (TPSA) is 51.0 Å². The van der Waals surface area contributed by atoms with Gasteiger partial charge in [-0.3, -0.25) is 4.79 Å². The van der Waals surface area contributed by atoms with Crippen LogP contribution >= 0.6 is 0 Å². The fourth-order valence-corrected chi connectivity index (χ4v) is 3.32. The highest BCUT2D eigenvalue weighted by atomic mass is 19.4. The summed E-state index contributed by atoms with van der Waals surface area (Å²) in [6, 6.07) is 8.36. The van der Waals surface area contributed by atoms with Crippen molar-refractivity contribution in [2.75, 3.05) is 13.1 Å². The van der Waals surface area contributed by atoms with E-state index in [1.165, 1.54) is 11.0 Å². The van der Waals surface area contributed by atoms with E-state index in [-0.39, 0.29) is 19.1 Å². The molecule has 1 amide bonds. The predicted molar refractivity (Wildman–Crippen MR) is 104 cm³/mol. The summed E-state index contributed by atoms with van der Waals surface area (Å²) >= 11 is 0. The molecule has 1 saturated heterocycles. The van der Waals surface area contributed by atoms with Crippen LogP contribution < -0.4 is 0 Å². The Morgan fingerprint density at radius 2 is 1.93 bits per heavy atom. The molecule has 0 unspecified atom stereocenters. The van der Waals surface area contributed by atoms with Gasteiger partial charge in [0.25, 0.3) is 5.91 Å². The molecule has 30 heavy (non-hydrogen) atoms. The number of carbonyl (C=O) groups excluding carboxylic acids is 1. The van der Waals surface area contributed by atoms with Gasteiger partial charge in [-0.2, -0.15) is 18.3 Å². The van der Waals surface area contributed by atoms with Crippen LogP contribution in [0.25, 0.3) is 23.2 Å². The van der Waals surface area contributed by atoms with Crippen molar-refractivity contribution in [1.29, 1.82) is 0 Å². The molecule has 1 aliphatic rings. The zero-order valence-electron chi connectivity index (χ0n) is 15.6. The van der Waals surface area contributed by atoms with E-state index in [0.29, 0.717) is 16.9 Å². The number of rotatable bonds is 4. The average molecular weight is 416 g/mol.